The first-order chi connectivity index (χ1) is 29.8. The van der Waals surface area contributed by atoms with Gasteiger partial charge in [-0.1, -0.05) is 218 Å². The lowest BCUT2D eigenvalue weighted by Crippen LogP contribution is -2.01. The highest BCUT2D eigenvalue weighted by atomic mass is 15.0. The summed E-state index contributed by atoms with van der Waals surface area (Å²) in [5, 5.41) is 0. The third kappa shape index (κ3) is 7.25. The van der Waals surface area contributed by atoms with Crippen LogP contribution in [-0.2, 0) is 0 Å². The molecule has 10 rings (SSSR count). The number of rotatable bonds is 9. The van der Waals surface area contributed by atoms with Crippen molar-refractivity contribution in [3.05, 3.63) is 218 Å². The predicted molar refractivity (Wildman–Crippen MR) is 242 cm³/mol. The lowest BCUT2D eigenvalue weighted by atomic mass is 9.86. The van der Waals surface area contributed by atoms with Crippen LogP contribution in [0.3, 0.4) is 0 Å². The molecule has 0 fully saturated rings. The topological polar surface area (TPSA) is 77.3 Å². The van der Waals surface area contributed by atoms with Crippen molar-refractivity contribution < 1.29 is 0 Å². The minimum Gasteiger partial charge on any atom is -0.208 e. The van der Waals surface area contributed by atoms with Crippen molar-refractivity contribution in [1.82, 2.24) is 29.9 Å². The molecule has 0 bridgehead atoms. The molecular formula is C54H36N6. The van der Waals surface area contributed by atoms with E-state index in [0.29, 0.717) is 34.9 Å². The van der Waals surface area contributed by atoms with Gasteiger partial charge in [0.15, 0.2) is 34.9 Å². The van der Waals surface area contributed by atoms with E-state index >= 15 is 0 Å². The van der Waals surface area contributed by atoms with E-state index in [2.05, 4.69) is 84.9 Å². The summed E-state index contributed by atoms with van der Waals surface area (Å²) in [7, 11) is 0. The Morgan fingerprint density at radius 1 is 0.150 bits per heavy atom. The van der Waals surface area contributed by atoms with E-state index < -0.39 is 0 Å². The SMILES string of the molecule is c1ccc(-c2nc(-c3ccccc3)nc(-c3ccccc3-c3ccccc3-c3ccccc3-c3ccccc3-c3nc(-c4ccccc4)nc(-c4ccccc4)n3)n2)cc1. The van der Waals surface area contributed by atoms with E-state index in [1.54, 1.807) is 0 Å². The van der Waals surface area contributed by atoms with Crippen LogP contribution < -0.4 is 0 Å². The highest BCUT2D eigenvalue weighted by Crippen LogP contribution is 2.43. The van der Waals surface area contributed by atoms with Gasteiger partial charge in [0.25, 0.3) is 0 Å². The molecule has 0 saturated carbocycles. The summed E-state index contributed by atoms with van der Waals surface area (Å²) in [5.41, 5.74) is 11.8. The normalized spacial score (nSPS) is 11.0. The van der Waals surface area contributed by atoms with Crippen LogP contribution in [0.2, 0.25) is 0 Å². The molecule has 6 nitrogen and oxygen atoms in total. The van der Waals surface area contributed by atoms with E-state index in [1.807, 2.05) is 133 Å². The van der Waals surface area contributed by atoms with Gasteiger partial charge in [0.05, 0.1) is 0 Å². The first-order valence-corrected chi connectivity index (χ1v) is 19.9. The van der Waals surface area contributed by atoms with Gasteiger partial charge >= 0.3 is 0 Å². The minimum atomic E-state index is 0.602. The third-order valence-corrected chi connectivity index (χ3v) is 10.5. The van der Waals surface area contributed by atoms with Crippen molar-refractivity contribution in [1.29, 1.82) is 0 Å². The van der Waals surface area contributed by atoms with Crippen LogP contribution >= 0.6 is 0 Å². The van der Waals surface area contributed by atoms with Gasteiger partial charge in [-0.25, -0.2) is 29.9 Å². The molecular weight excluding hydrogens is 733 g/mol. The Morgan fingerprint density at radius 2 is 0.317 bits per heavy atom. The van der Waals surface area contributed by atoms with Crippen molar-refractivity contribution >= 4 is 0 Å². The van der Waals surface area contributed by atoms with Gasteiger partial charge in [-0.3, -0.25) is 0 Å². The lowest BCUT2D eigenvalue weighted by molar-refractivity contribution is 1.07. The standard InChI is InChI=1S/C54H36N6/c1-5-21-37(22-6-1)49-55-50(38-23-7-2-8-24-38)58-53(57-49)47-35-19-17-33-45(47)43-31-15-13-29-41(43)42-30-14-16-32-44(42)46-34-18-20-36-48(46)54-59-51(39-25-9-3-10-26-39)56-52(60-54)40-27-11-4-12-28-40/h1-36H. The van der Waals surface area contributed by atoms with Gasteiger partial charge in [0, 0.05) is 33.4 Å². The van der Waals surface area contributed by atoms with Crippen molar-refractivity contribution in [3.63, 3.8) is 0 Å². The number of aromatic nitrogens is 6. The molecule has 0 N–H and O–H groups in total. The molecule has 0 saturated heterocycles. The van der Waals surface area contributed by atoms with Crippen molar-refractivity contribution in [2.24, 2.45) is 0 Å². The Kier molecular flexibility index (Phi) is 9.84. The van der Waals surface area contributed by atoms with Crippen LogP contribution in [0.1, 0.15) is 0 Å². The number of nitrogens with zero attached hydrogens (tertiary/aromatic N) is 6. The molecule has 0 aliphatic rings. The second kappa shape index (κ2) is 16.3. The first-order valence-electron chi connectivity index (χ1n) is 19.9. The quantitative estimate of drug-likeness (QED) is 0.145. The lowest BCUT2D eigenvalue weighted by Gasteiger charge is -2.18. The van der Waals surface area contributed by atoms with Gasteiger partial charge in [0.2, 0.25) is 0 Å². The van der Waals surface area contributed by atoms with Crippen molar-refractivity contribution in [2.45, 2.75) is 0 Å². The van der Waals surface area contributed by atoms with Crippen LogP contribution in [0.4, 0.5) is 0 Å². The summed E-state index contributed by atoms with van der Waals surface area (Å²) < 4.78 is 0. The molecule has 2 aromatic heterocycles. The summed E-state index contributed by atoms with van der Waals surface area (Å²) in [4.78, 5) is 30.4. The molecule has 282 valence electrons. The maximum absolute atomic E-state index is 5.11. The zero-order chi connectivity index (χ0) is 40.1. The molecule has 2 heterocycles. The Labute approximate surface area is 348 Å². The summed E-state index contributed by atoms with van der Waals surface area (Å²) in [6, 6.07) is 74.2. The van der Waals surface area contributed by atoms with E-state index in [0.717, 1.165) is 66.8 Å². The largest absolute Gasteiger partial charge is 0.208 e. The fourth-order valence-electron chi connectivity index (χ4n) is 7.59. The van der Waals surface area contributed by atoms with Gasteiger partial charge < -0.3 is 0 Å². The average Bonchev–Trinajstić information content (AvgIpc) is 3.35. The molecule has 0 atom stereocenters. The van der Waals surface area contributed by atoms with Crippen molar-refractivity contribution in [3.8, 4) is 102 Å². The molecule has 0 unspecified atom stereocenters. The Morgan fingerprint density at radius 3 is 0.550 bits per heavy atom. The zero-order valence-corrected chi connectivity index (χ0v) is 32.5. The number of hydrogen-bond donors (Lipinski definition) is 0. The third-order valence-electron chi connectivity index (χ3n) is 10.5. The molecule has 6 heteroatoms. The molecule has 0 aliphatic carbocycles. The Hall–Kier alpha value is -8.22. The predicted octanol–water partition coefficient (Wildman–Crippen LogP) is 13.1. The van der Waals surface area contributed by atoms with Crippen molar-refractivity contribution in [2.75, 3.05) is 0 Å². The van der Waals surface area contributed by atoms with Crippen LogP contribution in [0.5, 0.6) is 0 Å². The van der Waals surface area contributed by atoms with Gasteiger partial charge in [-0.05, 0) is 33.4 Å². The monoisotopic (exact) mass is 768 g/mol. The second-order valence-electron chi connectivity index (χ2n) is 14.3. The summed E-state index contributed by atoms with van der Waals surface area (Å²) in [6.07, 6.45) is 0. The van der Waals surface area contributed by atoms with E-state index in [9.17, 15) is 0 Å². The first kappa shape index (κ1) is 36.1. The Balaban J connectivity index is 1.13. The van der Waals surface area contributed by atoms with E-state index in [1.165, 1.54) is 0 Å². The molecule has 10 aromatic rings. The summed E-state index contributed by atoms with van der Waals surface area (Å²) in [5.74, 6) is 3.68. The molecule has 0 aliphatic heterocycles. The van der Waals surface area contributed by atoms with Gasteiger partial charge in [-0.15, -0.1) is 0 Å². The molecule has 0 amide bonds. The van der Waals surface area contributed by atoms with Crippen LogP contribution in [-0.4, -0.2) is 29.9 Å². The average molecular weight is 769 g/mol. The minimum absolute atomic E-state index is 0.602. The van der Waals surface area contributed by atoms with Gasteiger partial charge in [-0.2, -0.15) is 0 Å². The maximum atomic E-state index is 5.11. The molecule has 0 spiro atoms. The fraction of sp³-hybridized carbons (Fsp3) is 0. The summed E-state index contributed by atoms with van der Waals surface area (Å²) in [6.45, 7) is 0. The second-order valence-corrected chi connectivity index (χ2v) is 14.3. The summed E-state index contributed by atoms with van der Waals surface area (Å²) >= 11 is 0. The highest BCUT2D eigenvalue weighted by Gasteiger charge is 2.21. The van der Waals surface area contributed by atoms with Crippen LogP contribution in [0.15, 0.2) is 218 Å². The fourth-order valence-corrected chi connectivity index (χ4v) is 7.59. The molecule has 0 radical (unpaired) electrons. The number of benzene rings is 8. The smallest absolute Gasteiger partial charge is 0.164 e. The number of hydrogen-bond acceptors (Lipinski definition) is 6. The van der Waals surface area contributed by atoms with E-state index in [4.69, 9.17) is 29.9 Å². The van der Waals surface area contributed by atoms with Gasteiger partial charge in [0.1, 0.15) is 0 Å². The van der Waals surface area contributed by atoms with E-state index in [-0.39, 0.29) is 0 Å². The maximum Gasteiger partial charge on any atom is 0.164 e. The Bertz CT molecular complexity index is 2750. The molecule has 60 heavy (non-hydrogen) atoms. The van der Waals surface area contributed by atoms with Crippen LogP contribution in [0.25, 0.3) is 102 Å². The molecule has 8 aromatic carbocycles. The van der Waals surface area contributed by atoms with Crippen LogP contribution in [0, 0.1) is 0 Å². The highest BCUT2D eigenvalue weighted by molar-refractivity contribution is 5.97. The zero-order valence-electron chi connectivity index (χ0n) is 32.5.